The zero-order valence-corrected chi connectivity index (χ0v) is 21.1. The van der Waals surface area contributed by atoms with Crippen molar-refractivity contribution in [2.75, 3.05) is 31.7 Å². The van der Waals surface area contributed by atoms with Crippen LogP contribution in [0, 0.1) is 0 Å². The van der Waals surface area contributed by atoms with Gasteiger partial charge in [0.2, 0.25) is 11.8 Å². The zero-order valence-electron chi connectivity index (χ0n) is 19.5. The lowest BCUT2D eigenvalue weighted by molar-refractivity contribution is 0.0853. The number of benzene rings is 2. The van der Waals surface area contributed by atoms with Crippen molar-refractivity contribution in [3.05, 3.63) is 69.8 Å². The number of amides is 1. The zero-order chi connectivity index (χ0) is 24.2. The number of methoxy groups -OCH3 is 1. The standard InChI is InChI=1S/C26H27BrN4O4/c1-33-20-7-4-17(5-8-20)16-35-25-22(24(32)28-14-21-3-2-12-34-21)15-29-26(30-25)31-11-10-18-13-19(27)6-9-23(18)31/h4-9,13,15,21H,2-3,10-12,14,16H2,1H3,(H,28,32). The normalized spacial score (nSPS) is 16.7. The van der Waals surface area contributed by atoms with Crippen molar-refractivity contribution in [2.45, 2.75) is 32.0 Å². The number of nitrogens with zero attached hydrogens (tertiary/aromatic N) is 3. The van der Waals surface area contributed by atoms with E-state index in [0.29, 0.717) is 18.1 Å². The average Bonchev–Trinajstić information content (AvgIpc) is 3.56. The molecule has 0 spiro atoms. The Kier molecular flexibility index (Phi) is 7.15. The van der Waals surface area contributed by atoms with Gasteiger partial charge in [0.25, 0.3) is 5.91 Å². The highest BCUT2D eigenvalue weighted by Gasteiger charge is 2.26. The van der Waals surface area contributed by atoms with Gasteiger partial charge in [0.05, 0.1) is 13.2 Å². The molecule has 0 bridgehead atoms. The number of carbonyl (C=O) groups is 1. The Balaban J connectivity index is 1.39. The van der Waals surface area contributed by atoms with Crippen molar-refractivity contribution in [1.29, 1.82) is 0 Å². The lowest BCUT2D eigenvalue weighted by atomic mass is 10.2. The molecule has 1 saturated heterocycles. The lowest BCUT2D eigenvalue weighted by Crippen LogP contribution is -2.32. The van der Waals surface area contributed by atoms with E-state index in [2.05, 4.69) is 48.2 Å². The summed E-state index contributed by atoms with van der Waals surface area (Å²) in [5, 5.41) is 2.95. The van der Waals surface area contributed by atoms with E-state index in [0.717, 1.165) is 53.9 Å². The molecule has 3 aromatic rings. The van der Waals surface area contributed by atoms with Crippen LogP contribution >= 0.6 is 15.9 Å². The molecule has 1 amide bonds. The van der Waals surface area contributed by atoms with Gasteiger partial charge in [-0.1, -0.05) is 28.1 Å². The number of aromatic nitrogens is 2. The van der Waals surface area contributed by atoms with Crippen LogP contribution in [-0.4, -0.2) is 48.8 Å². The predicted molar refractivity (Wildman–Crippen MR) is 136 cm³/mol. The van der Waals surface area contributed by atoms with Crippen LogP contribution in [0.4, 0.5) is 11.6 Å². The van der Waals surface area contributed by atoms with Gasteiger partial charge >= 0.3 is 0 Å². The summed E-state index contributed by atoms with van der Waals surface area (Å²) in [6.07, 6.45) is 4.45. The number of nitrogens with one attached hydrogen (secondary N) is 1. The second-order valence-corrected chi connectivity index (χ2v) is 9.46. The van der Waals surface area contributed by atoms with Gasteiger partial charge in [-0.3, -0.25) is 4.79 Å². The number of anilines is 2. The maximum absolute atomic E-state index is 13.0. The number of halogens is 1. The molecule has 0 radical (unpaired) electrons. The van der Waals surface area contributed by atoms with E-state index in [1.165, 1.54) is 5.56 Å². The molecule has 1 fully saturated rings. The summed E-state index contributed by atoms with van der Waals surface area (Å²) >= 11 is 3.54. The van der Waals surface area contributed by atoms with Gasteiger partial charge in [0, 0.05) is 36.1 Å². The molecule has 0 saturated carbocycles. The molecule has 2 aliphatic rings. The molecule has 0 aliphatic carbocycles. The Labute approximate surface area is 212 Å². The van der Waals surface area contributed by atoms with Gasteiger partial charge in [-0.25, -0.2) is 4.98 Å². The van der Waals surface area contributed by atoms with Gasteiger partial charge in [-0.05, 0) is 60.7 Å². The number of carbonyl (C=O) groups excluding carboxylic acids is 1. The third-order valence-corrected chi connectivity index (χ3v) is 6.71. The Morgan fingerprint density at radius 1 is 1.26 bits per heavy atom. The highest BCUT2D eigenvalue weighted by molar-refractivity contribution is 9.10. The Bertz CT molecular complexity index is 1200. The highest BCUT2D eigenvalue weighted by atomic mass is 79.9. The van der Waals surface area contributed by atoms with Gasteiger partial charge in [-0.15, -0.1) is 0 Å². The van der Waals surface area contributed by atoms with E-state index in [-0.39, 0.29) is 24.5 Å². The van der Waals surface area contributed by atoms with Crippen LogP contribution in [-0.2, 0) is 17.8 Å². The smallest absolute Gasteiger partial charge is 0.258 e. The third kappa shape index (κ3) is 5.41. The van der Waals surface area contributed by atoms with Crippen molar-refractivity contribution in [1.82, 2.24) is 15.3 Å². The fourth-order valence-corrected chi connectivity index (χ4v) is 4.72. The number of fused-ring (bicyclic) bond motifs is 1. The number of ether oxygens (including phenoxy) is 3. The molecule has 1 N–H and O–H groups in total. The first-order chi connectivity index (χ1) is 17.1. The van der Waals surface area contributed by atoms with Gasteiger partial charge in [0.15, 0.2) is 0 Å². The van der Waals surface area contributed by atoms with E-state index in [1.54, 1.807) is 13.3 Å². The first kappa shape index (κ1) is 23.6. The van der Waals surface area contributed by atoms with Gasteiger partial charge in [-0.2, -0.15) is 4.98 Å². The summed E-state index contributed by atoms with van der Waals surface area (Å²) in [6, 6.07) is 13.8. The third-order valence-electron chi connectivity index (χ3n) is 6.21. The van der Waals surface area contributed by atoms with E-state index >= 15 is 0 Å². The molecule has 3 heterocycles. The van der Waals surface area contributed by atoms with Crippen LogP contribution in [0.2, 0.25) is 0 Å². The van der Waals surface area contributed by atoms with Crippen LogP contribution < -0.4 is 19.7 Å². The summed E-state index contributed by atoms with van der Waals surface area (Å²) in [5.41, 5.74) is 3.52. The van der Waals surface area contributed by atoms with Crippen LogP contribution in [0.1, 0.15) is 34.3 Å². The monoisotopic (exact) mass is 538 g/mol. The van der Waals surface area contributed by atoms with Crippen molar-refractivity contribution < 1.29 is 19.0 Å². The summed E-state index contributed by atoms with van der Waals surface area (Å²) in [5.74, 6) is 1.25. The van der Waals surface area contributed by atoms with Crippen molar-refractivity contribution in [2.24, 2.45) is 0 Å². The molecule has 1 atom stereocenters. The average molecular weight is 539 g/mol. The molecular weight excluding hydrogens is 512 g/mol. The summed E-state index contributed by atoms with van der Waals surface area (Å²) in [4.78, 5) is 24.3. The molecule has 2 aliphatic heterocycles. The fraction of sp³-hybridized carbons (Fsp3) is 0.346. The van der Waals surface area contributed by atoms with Crippen molar-refractivity contribution in [3.8, 4) is 11.6 Å². The SMILES string of the molecule is COc1ccc(COc2nc(N3CCc4cc(Br)ccc43)ncc2C(=O)NCC2CCCO2)cc1. The highest BCUT2D eigenvalue weighted by Crippen LogP contribution is 2.35. The molecule has 1 unspecified atom stereocenters. The second kappa shape index (κ2) is 10.6. The van der Waals surface area contributed by atoms with E-state index in [4.69, 9.17) is 14.2 Å². The van der Waals surface area contributed by atoms with Crippen molar-refractivity contribution in [3.63, 3.8) is 0 Å². The van der Waals surface area contributed by atoms with Gasteiger partial charge < -0.3 is 24.4 Å². The topological polar surface area (TPSA) is 85.8 Å². The summed E-state index contributed by atoms with van der Waals surface area (Å²) in [7, 11) is 1.63. The predicted octanol–water partition coefficient (Wildman–Crippen LogP) is 4.43. The minimum absolute atomic E-state index is 0.0447. The Morgan fingerprint density at radius 3 is 2.89 bits per heavy atom. The van der Waals surface area contributed by atoms with Crippen LogP contribution in [0.15, 0.2) is 53.1 Å². The molecular formula is C26H27BrN4O4. The first-order valence-electron chi connectivity index (χ1n) is 11.7. The minimum Gasteiger partial charge on any atom is -0.497 e. The molecule has 5 rings (SSSR count). The van der Waals surface area contributed by atoms with Crippen LogP contribution in [0.25, 0.3) is 0 Å². The Hall–Kier alpha value is -3.17. The van der Waals surface area contributed by atoms with Crippen LogP contribution in [0.3, 0.4) is 0 Å². The maximum Gasteiger partial charge on any atom is 0.258 e. The van der Waals surface area contributed by atoms with E-state index < -0.39 is 0 Å². The number of rotatable bonds is 8. The van der Waals surface area contributed by atoms with Gasteiger partial charge in [0.1, 0.15) is 17.9 Å². The molecule has 2 aromatic carbocycles. The second-order valence-electron chi connectivity index (χ2n) is 8.55. The summed E-state index contributed by atoms with van der Waals surface area (Å²) < 4.78 is 18.0. The van der Waals surface area contributed by atoms with Crippen molar-refractivity contribution >= 4 is 33.5 Å². The molecule has 1 aromatic heterocycles. The maximum atomic E-state index is 13.0. The largest absolute Gasteiger partial charge is 0.497 e. The number of hydrogen-bond donors (Lipinski definition) is 1. The Morgan fingerprint density at radius 2 is 2.11 bits per heavy atom. The number of hydrogen-bond acceptors (Lipinski definition) is 7. The quantitative estimate of drug-likeness (QED) is 0.454. The van der Waals surface area contributed by atoms with E-state index in [9.17, 15) is 4.79 Å². The molecule has 8 nitrogen and oxygen atoms in total. The molecule has 9 heteroatoms. The summed E-state index contributed by atoms with van der Waals surface area (Å²) in [6.45, 7) is 2.21. The minimum atomic E-state index is -0.275. The first-order valence-corrected chi connectivity index (χ1v) is 12.5. The lowest BCUT2D eigenvalue weighted by Gasteiger charge is -2.19. The van der Waals surface area contributed by atoms with Crippen LogP contribution in [0.5, 0.6) is 11.6 Å². The molecule has 182 valence electrons. The fourth-order valence-electron chi connectivity index (χ4n) is 4.31. The molecule has 35 heavy (non-hydrogen) atoms. The van der Waals surface area contributed by atoms with E-state index in [1.807, 2.05) is 30.3 Å².